The normalized spacial score (nSPS) is 19.4. The van der Waals surface area contributed by atoms with Crippen molar-refractivity contribution in [1.29, 1.82) is 0 Å². The molecule has 0 bridgehead atoms. The van der Waals surface area contributed by atoms with Crippen molar-refractivity contribution in [3.63, 3.8) is 0 Å². The first-order chi connectivity index (χ1) is 9.40. The molecule has 0 fully saturated rings. The van der Waals surface area contributed by atoms with Crippen LogP contribution in [0.15, 0.2) is 48.5 Å². The van der Waals surface area contributed by atoms with Crippen molar-refractivity contribution in [3.8, 4) is 0 Å². The lowest BCUT2D eigenvalue weighted by Gasteiger charge is -2.34. The number of rotatable bonds is 0. The van der Waals surface area contributed by atoms with E-state index in [1.165, 1.54) is 0 Å². The van der Waals surface area contributed by atoms with Crippen LogP contribution in [0.3, 0.4) is 0 Å². The highest BCUT2D eigenvalue weighted by molar-refractivity contribution is 7.41. The van der Waals surface area contributed by atoms with Crippen molar-refractivity contribution < 1.29 is 0 Å². The van der Waals surface area contributed by atoms with Crippen molar-refractivity contribution in [2.24, 2.45) is 0 Å². The molecular formula is C16H20Si4. The summed E-state index contributed by atoms with van der Waals surface area (Å²) in [5.74, 6) is 0. The maximum atomic E-state index is 2.55. The van der Waals surface area contributed by atoms with E-state index < -0.39 is 15.2 Å². The van der Waals surface area contributed by atoms with Gasteiger partial charge in [0.05, 0.1) is 33.3 Å². The van der Waals surface area contributed by atoms with Crippen molar-refractivity contribution >= 4 is 54.0 Å². The molecule has 1 aliphatic rings. The second kappa shape index (κ2) is 4.94. The fourth-order valence-electron chi connectivity index (χ4n) is 3.08. The summed E-state index contributed by atoms with van der Waals surface area (Å²) in [7, 11) is -0.701. The highest BCUT2D eigenvalue weighted by Gasteiger charge is 2.36. The molecule has 1 aliphatic heterocycles. The van der Waals surface area contributed by atoms with Crippen molar-refractivity contribution in [3.05, 3.63) is 48.5 Å². The molecule has 0 aliphatic carbocycles. The van der Waals surface area contributed by atoms with Gasteiger partial charge >= 0.3 is 0 Å². The molecule has 0 spiro atoms. The Hall–Kier alpha value is -0.692. The van der Waals surface area contributed by atoms with Crippen LogP contribution in [0, 0.1) is 0 Å². The average molecular weight is 325 g/mol. The van der Waals surface area contributed by atoms with Crippen LogP contribution in [0.2, 0.25) is 26.2 Å². The summed E-state index contributed by atoms with van der Waals surface area (Å²) in [5, 5.41) is 6.77. The van der Waals surface area contributed by atoms with Gasteiger partial charge in [-0.05, 0) is 0 Å². The molecule has 4 radical (unpaired) electrons. The monoisotopic (exact) mass is 324 g/mol. The predicted octanol–water partition coefficient (Wildman–Crippen LogP) is 0.884. The summed E-state index contributed by atoms with van der Waals surface area (Å²) >= 11 is 0. The standard InChI is InChI=1S/C16H20Si4/c1-19(2)15-11-7-5-9-13(15)18-20(3,4)16-12-8-6-10-14(16)17-19/h5-12H,1-4H3. The van der Waals surface area contributed by atoms with Gasteiger partial charge in [-0.3, -0.25) is 0 Å². The molecule has 3 rings (SSSR count). The van der Waals surface area contributed by atoms with E-state index in [1.807, 2.05) is 0 Å². The van der Waals surface area contributed by atoms with E-state index >= 15 is 0 Å². The number of fused-ring (bicyclic) bond motifs is 2. The lowest BCUT2D eigenvalue weighted by atomic mass is 10.4. The molecule has 0 N–H and O–H groups in total. The van der Waals surface area contributed by atoms with Crippen LogP contribution in [0.4, 0.5) is 0 Å². The zero-order valence-corrected chi connectivity index (χ0v) is 16.6. The van der Waals surface area contributed by atoms with E-state index in [0.717, 1.165) is 18.1 Å². The summed E-state index contributed by atoms with van der Waals surface area (Å²) in [4.78, 5) is 0. The van der Waals surface area contributed by atoms with E-state index in [2.05, 4.69) is 74.7 Å². The summed E-state index contributed by atoms with van der Waals surface area (Å²) in [6, 6.07) is 18.6. The summed E-state index contributed by atoms with van der Waals surface area (Å²) < 4.78 is 0. The Balaban J connectivity index is 2.22. The van der Waals surface area contributed by atoms with Crippen molar-refractivity contribution in [2.75, 3.05) is 0 Å². The Morgan fingerprint density at radius 3 is 1.35 bits per heavy atom. The number of hydrogen-bond acceptors (Lipinski definition) is 0. The van der Waals surface area contributed by atoms with E-state index in [1.54, 1.807) is 20.7 Å². The molecule has 1 heterocycles. The zero-order valence-electron chi connectivity index (χ0n) is 12.6. The molecule has 0 amide bonds. The topological polar surface area (TPSA) is 0 Å². The Labute approximate surface area is 128 Å². The molecular weight excluding hydrogens is 305 g/mol. The quantitative estimate of drug-likeness (QED) is 0.631. The molecule has 0 nitrogen and oxygen atoms in total. The Morgan fingerprint density at radius 1 is 0.600 bits per heavy atom. The van der Waals surface area contributed by atoms with Gasteiger partial charge in [-0.15, -0.1) is 0 Å². The first-order valence-electron chi connectivity index (χ1n) is 7.15. The maximum absolute atomic E-state index is 2.55. The fraction of sp³-hybridized carbons (Fsp3) is 0.250. The van der Waals surface area contributed by atoms with Gasteiger partial charge in [-0.25, -0.2) is 0 Å². The first kappa shape index (κ1) is 14.3. The van der Waals surface area contributed by atoms with E-state index in [-0.39, 0.29) is 0 Å². The molecule has 0 unspecified atom stereocenters. The maximum Gasteiger partial charge on any atom is 0.0765 e. The molecule has 0 aromatic heterocycles. The van der Waals surface area contributed by atoms with Gasteiger partial charge in [-0.1, -0.05) is 95.5 Å². The average Bonchev–Trinajstić information content (AvgIpc) is 2.37. The van der Waals surface area contributed by atoms with Crippen LogP contribution >= 0.6 is 0 Å². The van der Waals surface area contributed by atoms with Crippen LogP contribution in [-0.4, -0.2) is 33.3 Å². The summed E-state index contributed by atoms with van der Waals surface area (Å²) in [6.07, 6.45) is 0. The highest BCUT2D eigenvalue weighted by atomic mass is 29.2. The lowest BCUT2D eigenvalue weighted by molar-refractivity contribution is 1.75. The highest BCUT2D eigenvalue weighted by Crippen LogP contribution is 2.08. The third kappa shape index (κ3) is 2.45. The van der Waals surface area contributed by atoms with Crippen LogP contribution < -0.4 is 20.7 Å². The van der Waals surface area contributed by atoms with E-state index in [0.29, 0.717) is 0 Å². The molecule has 4 heteroatoms. The van der Waals surface area contributed by atoms with Crippen LogP contribution in [0.25, 0.3) is 0 Å². The fourth-order valence-corrected chi connectivity index (χ4v) is 19.2. The molecule has 0 atom stereocenters. The van der Waals surface area contributed by atoms with E-state index in [4.69, 9.17) is 0 Å². The minimum atomic E-state index is -1.35. The summed E-state index contributed by atoms with van der Waals surface area (Å²) in [5.41, 5.74) is 0. The molecule has 100 valence electrons. The van der Waals surface area contributed by atoms with Crippen molar-refractivity contribution in [2.45, 2.75) is 26.2 Å². The summed E-state index contributed by atoms with van der Waals surface area (Å²) in [6.45, 7) is 10.2. The minimum absolute atomic E-state index is 1.000. The SMILES string of the molecule is C[Si]1(C)[Si]c2ccccc2[Si](C)(C)[Si]c2ccccc21. The molecule has 2 aromatic rings. The van der Waals surface area contributed by atoms with Gasteiger partial charge in [0.2, 0.25) is 0 Å². The largest absolute Gasteiger partial charge is 0.0765 e. The van der Waals surface area contributed by atoms with Crippen LogP contribution in [0.1, 0.15) is 0 Å². The second-order valence-electron chi connectivity index (χ2n) is 6.59. The van der Waals surface area contributed by atoms with Crippen LogP contribution in [0.5, 0.6) is 0 Å². The van der Waals surface area contributed by atoms with Gasteiger partial charge in [0, 0.05) is 0 Å². The predicted molar refractivity (Wildman–Crippen MR) is 97.9 cm³/mol. The lowest BCUT2D eigenvalue weighted by Crippen LogP contribution is -2.70. The Morgan fingerprint density at radius 2 is 0.950 bits per heavy atom. The Bertz CT molecular complexity index is 589. The first-order valence-corrected chi connectivity index (χ1v) is 17.2. The van der Waals surface area contributed by atoms with Gasteiger partial charge in [0.25, 0.3) is 0 Å². The molecule has 2 aromatic carbocycles. The van der Waals surface area contributed by atoms with Gasteiger partial charge in [0.1, 0.15) is 0 Å². The molecule has 0 saturated heterocycles. The zero-order chi connectivity index (χ0) is 14.4. The number of hydrogen-bond donors (Lipinski definition) is 0. The minimum Gasteiger partial charge on any atom is -0.0678 e. The smallest absolute Gasteiger partial charge is 0.0678 e. The Kier molecular flexibility index (Phi) is 3.52. The molecule has 0 saturated carbocycles. The third-order valence-electron chi connectivity index (χ3n) is 4.10. The second-order valence-corrected chi connectivity index (χ2v) is 24.7. The number of benzene rings is 2. The van der Waals surface area contributed by atoms with Gasteiger partial charge < -0.3 is 0 Å². The molecule has 20 heavy (non-hydrogen) atoms. The van der Waals surface area contributed by atoms with Crippen molar-refractivity contribution in [1.82, 2.24) is 0 Å². The third-order valence-corrected chi connectivity index (χ3v) is 17.8. The van der Waals surface area contributed by atoms with Gasteiger partial charge in [-0.2, -0.15) is 0 Å². The van der Waals surface area contributed by atoms with Gasteiger partial charge in [0.15, 0.2) is 0 Å². The van der Waals surface area contributed by atoms with E-state index in [9.17, 15) is 0 Å². The van der Waals surface area contributed by atoms with Crippen LogP contribution in [-0.2, 0) is 0 Å².